The van der Waals surface area contributed by atoms with Crippen molar-refractivity contribution < 1.29 is 9.53 Å². The Bertz CT molecular complexity index is 162. The molecule has 1 atom stereocenters. The van der Waals surface area contributed by atoms with Crippen LogP contribution in [0, 0.1) is 0 Å². The number of hydrogen-bond acceptors (Lipinski definition) is 2. The molecule has 1 unspecified atom stereocenters. The summed E-state index contributed by atoms with van der Waals surface area (Å²) in [7, 11) is -1.55. The summed E-state index contributed by atoms with van der Waals surface area (Å²) < 4.78 is 6.01. The first-order chi connectivity index (χ1) is 6.02. The molecule has 1 rings (SSSR count). The van der Waals surface area contributed by atoms with Crippen molar-refractivity contribution in [2.45, 2.75) is 50.7 Å². The van der Waals surface area contributed by atoms with Crippen LogP contribution in [0.25, 0.3) is 0 Å². The van der Waals surface area contributed by atoms with Crippen molar-refractivity contribution >= 4 is 8.32 Å². The third kappa shape index (κ3) is 2.33. The molecule has 0 aliphatic carbocycles. The van der Waals surface area contributed by atoms with Crippen molar-refractivity contribution in [1.82, 2.24) is 0 Å². The molecule has 1 aliphatic rings. The zero-order chi connectivity index (χ0) is 9.95. The van der Waals surface area contributed by atoms with E-state index in [4.69, 9.17) is 9.53 Å². The predicted octanol–water partition coefficient (Wildman–Crippen LogP) is 2.53. The third-order valence-electron chi connectivity index (χ3n) is 3.64. The highest BCUT2D eigenvalue weighted by Crippen LogP contribution is 2.45. The molecule has 0 aromatic carbocycles. The van der Waals surface area contributed by atoms with Gasteiger partial charge < -0.3 is 9.53 Å². The van der Waals surface area contributed by atoms with E-state index >= 15 is 0 Å². The normalized spacial score (nSPS) is 30.5. The molecule has 0 amide bonds. The molecule has 0 aromatic heterocycles. The van der Waals surface area contributed by atoms with Gasteiger partial charge in [0.25, 0.3) is 0 Å². The molecule has 3 heteroatoms. The minimum atomic E-state index is -1.55. The second-order valence-electron chi connectivity index (χ2n) is 4.89. The first-order valence-electron chi connectivity index (χ1n) is 5.27. The van der Waals surface area contributed by atoms with E-state index in [0.29, 0.717) is 6.61 Å². The number of rotatable bonds is 3. The largest absolute Gasteiger partial charge is 0.417 e. The van der Waals surface area contributed by atoms with Gasteiger partial charge >= 0.3 is 0 Å². The molecule has 1 N–H and O–H groups in total. The van der Waals surface area contributed by atoms with Crippen LogP contribution < -0.4 is 0 Å². The Labute approximate surface area is 82.4 Å². The lowest BCUT2D eigenvalue weighted by Crippen LogP contribution is -2.48. The van der Waals surface area contributed by atoms with Gasteiger partial charge in [0.2, 0.25) is 0 Å². The molecule has 78 valence electrons. The van der Waals surface area contributed by atoms with Gasteiger partial charge in [-0.3, -0.25) is 0 Å². The molecule has 0 radical (unpaired) electrons. The first-order valence-corrected chi connectivity index (χ1v) is 7.88. The predicted molar refractivity (Wildman–Crippen MR) is 57.4 cm³/mol. The molecule has 1 heterocycles. The summed E-state index contributed by atoms with van der Waals surface area (Å²) in [6.45, 7) is 8.06. The molecular formula is C10H22O2Si. The Balaban J connectivity index is 2.64. The van der Waals surface area contributed by atoms with E-state index in [1.54, 1.807) is 0 Å². The Morgan fingerprint density at radius 2 is 2.08 bits per heavy atom. The summed E-state index contributed by atoms with van der Waals surface area (Å²) in [5.74, 6) is 0. The molecule has 0 spiro atoms. The van der Waals surface area contributed by atoms with Crippen LogP contribution in [0.15, 0.2) is 0 Å². The van der Waals surface area contributed by atoms with Crippen LogP contribution in [0.3, 0.4) is 0 Å². The maximum Gasteiger partial charge on any atom is 0.195 e. The molecular weight excluding hydrogens is 180 g/mol. The van der Waals surface area contributed by atoms with E-state index in [1.165, 1.54) is 18.9 Å². The second kappa shape index (κ2) is 4.11. The minimum Gasteiger partial charge on any atom is -0.417 e. The highest BCUT2D eigenvalue weighted by Gasteiger charge is 2.45. The van der Waals surface area contributed by atoms with E-state index in [-0.39, 0.29) is 5.04 Å². The van der Waals surface area contributed by atoms with Crippen molar-refractivity contribution in [3.8, 4) is 0 Å². The lowest BCUT2D eigenvalue weighted by Gasteiger charge is -2.44. The summed E-state index contributed by atoms with van der Waals surface area (Å²) in [5.41, 5.74) is 0. The number of aliphatic hydroxyl groups is 1. The molecule has 0 bridgehead atoms. The van der Waals surface area contributed by atoms with Gasteiger partial charge in [0.15, 0.2) is 8.32 Å². The Morgan fingerprint density at radius 1 is 1.38 bits per heavy atom. The average Bonchev–Trinajstić information content (AvgIpc) is 2.05. The Hall–Kier alpha value is 0.137. The summed E-state index contributed by atoms with van der Waals surface area (Å²) in [6, 6.07) is 1.26. The molecule has 1 fully saturated rings. The van der Waals surface area contributed by atoms with Gasteiger partial charge in [-0.15, -0.1) is 0 Å². The van der Waals surface area contributed by atoms with E-state index in [0.717, 1.165) is 13.0 Å². The maximum atomic E-state index is 9.01. The zero-order valence-electron chi connectivity index (χ0n) is 9.10. The topological polar surface area (TPSA) is 29.5 Å². The molecule has 2 nitrogen and oxygen atoms in total. The van der Waals surface area contributed by atoms with Gasteiger partial charge in [-0.2, -0.15) is 0 Å². The van der Waals surface area contributed by atoms with Gasteiger partial charge in [-0.05, 0) is 30.5 Å². The van der Waals surface area contributed by atoms with Gasteiger partial charge in [0.05, 0.1) is 0 Å². The van der Waals surface area contributed by atoms with Gasteiger partial charge in [-0.1, -0.05) is 20.3 Å². The zero-order valence-corrected chi connectivity index (χ0v) is 10.1. The van der Waals surface area contributed by atoms with Crippen molar-refractivity contribution in [1.29, 1.82) is 0 Å². The van der Waals surface area contributed by atoms with Crippen LogP contribution >= 0.6 is 0 Å². The van der Waals surface area contributed by atoms with E-state index in [1.807, 2.05) is 0 Å². The Morgan fingerprint density at radius 3 is 2.54 bits per heavy atom. The molecule has 0 saturated carbocycles. The monoisotopic (exact) mass is 202 g/mol. The fourth-order valence-electron chi connectivity index (χ4n) is 2.01. The maximum absolute atomic E-state index is 9.01. The number of hydrogen-bond donors (Lipinski definition) is 1. The highest BCUT2D eigenvalue weighted by molar-refractivity contribution is 6.75. The lowest BCUT2D eigenvalue weighted by atomic mass is 10.1. The van der Waals surface area contributed by atoms with Crippen LogP contribution in [-0.2, 0) is 4.43 Å². The van der Waals surface area contributed by atoms with Crippen LogP contribution in [0.2, 0.25) is 17.6 Å². The van der Waals surface area contributed by atoms with E-state index in [2.05, 4.69) is 20.4 Å². The quantitative estimate of drug-likeness (QED) is 0.713. The lowest BCUT2D eigenvalue weighted by molar-refractivity contribution is 0.222. The fourth-order valence-corrected chi connectivity index (χ4v) is 5.38. The van der Waals surface area contributed by atoms with Crippen LogP contribution in [0.5, 0.6) is 0 Å². The highest BCUT2D eigenvalue weighted by atomic mass is 28.4. The standard InChI is InChI=1S/C10H22O2Si/c1-10(2,6-7-11)13(3)9-5-4-8-12-13/h11H,4-9H2,1-3H3. The van der Waals surface area contributed by atoms with E-state index < -0.39 is 8.32 Å². The van der Waals surface area contributed by atoms with Crippen molar-refractivity contribution in [3.05, 3.63) is 0 Å². The van der Waals surface area contributed by atoms with E-state index in [9.17, 15) is 0 Å². The summed E-state index contributed by atoms with van der Waals surface area (Å²) in [4.78, 5) is 0. The average molecular weight is 202 g/mol. The van der Waals surface area contributed by atoms with Crippen LogP contribution in [0.1, 0.15) is 33.1 Å². The van der Waals surface area contributed by atoms with Crippen LogP contribution in [0.4, 0.5) is 0 Å². The Kier molecular flexibility index (Phi) is 3.55. The summed E-state index contributed by atoms with van der Waals surface area (Å²) in [6.07, 6.45) is 3.42. The number of aliphatic hydroxyl groups excluding tert-OH is 1. The second-order valence-corrected chi connectivity index (χ2v) is 9.50. The van der Waals surface area contributed by atoms with Crippen molar-refractivity contribution in [2.24, 2.45) is 0 Å². The summed E-state index contributed by atoms with van der Waals surface area (Å²) in [5, 5.41) is 9.24. The van der Waals surface area contributed by atoms with Crippen LogP contribution in [-0.4, -0.2) is 26.6 Å². The SMILES string of the molecule is CC(C)(CCO)[Si]1(C)CCCCO1. The molecule has 1 aliphatic heterocycles. The van der Waals surface area contributed by atoms with Gasteiger partial charge in [0, 0.05) is 13.2 Å². The molecule has 0 aromatic rings. The summed E-state index contributed by atoms with van der Waals surface area (Å²) >= 11 is 0. The smallest absolute Gasteiger partial charge is 0.195 e. The fraction of sp³-hybridized carbons (Fsp3) is 1.00. The first kappa shape index (κ1) is 11.2. The van der Waals surface area contributed by atoms with Gasteiger partial charge in [-0.25, -0.2) is 0 Å². The van der Waals surface area contributed by atoms with Crippen molar-refractivity contribution in [2.75, 3.05) is 13.2 Å². The van der Waals surface area contributed by atoms with Gasteiger partial charge in [0.1, 0.15) is 0 Å². The minimum absolute atomic E-state index is 0.224. The molecule has 13 heavy (non-hydrogen) atoms. The molecule has 1 saturated heterocycles. The third-order valence-corrected chi connectivity index (χ3v) is 8.90. The van der Waals surface area contributed by atoms with Crippen molar-refractivity contribution in [3.63, 3.8) is 0 Å².